The highest BCUT2D eigenvalue weighted by molar-refractivity contribution is 7.09. The number of nitrogens with zero attached hydrogens (tertiary/aromatic N) is 3. The van der Waals surface area contributed by atoms with Gasteiger partial charge >= 0.3 is 0 Å². The monoisotopic (exact) mass is 369 g/mol. The number of aromatic nitrogens is 2. The SMILES string of the molecule is COc1cccc(CN2CC(c3noc(Cc4cccs4)n3)CC2=O)c1. The fourth-order valence-electron chi connectivity index (χ4n) is 3.16. The smallest absolute Gasteiger partial charge is 0.231 e. The maximum Gasteiger partial charge on any atom is 0.231 e. The number of benzene rings is 1. The Morgan fingerprint density at radius 1 is 1.35 bits per heavy atom. The van der Waals surface area contributed by atoms with Gasteiger partial charge in [0.15, 0.2) is 5.82 Å². The van der Waals surface area contributed by atoms with Crippen molar-refractivity contribution >= 4 is 17.2 Å². The Bertz CT molecular complexity index is 891. The van der Waals surface area contributed by atoms with Crippen molar-refractivity contribution in [3.63, 3.8) is 0 Å². The van der Waals surface area contributed by atoms with Crippen LogP contribution in [0.1, 0.15) is 34.5 Å². The van der Waals surface area contributed by atoms with E-state index in [9.17, 15) is 4.79 Å². The third-order valence-electron chi connectivity index (χ3n) is 4.48. The van der Waals surface area contributed by atoms with Gasteiger partial charge in [0.05, 0.1) is 13.5 Å². The van der Waals surface area contributed by atoms with Crippen LogP contribution in [0.25, 0.3) is 0 Å². The van der Waals surface area contributed by atoms with Crippen molar-refractivity contribution in [3.05, 3.63) is 63.9 Å². The van der Waals surface area contributed by atoms with Crippen LogP contribution in [-0.4, -0.2) is 34.6 Å². The Labute approximate surface area is 155 Å². The zero-order valence-electron chi connectivity index (χ0n) is 14.4. The van der Waals surface area contributed by atoms with Gasteiger partial charge in [-0.25, -0.2) is 0 Å². The van der Waals surface area contributed by atoms with Gasteiger partial charge in [0, 0.05) is 30.3 Å². The molecule has 0 radical (unpaired) electrons. The molecule has 3 aromatic rings. The minimum Gasteiger partial charge on any atom is -0.497 e. The molecule has 1 aliphatic rings. The first-order valence-electron chi connectivity index (χ1n) is 8.47. The molecule has 2 aromatic heterocycles. The van der Waals surface area contributed by atoms with Gasteiger partial charge in [-0.05, 0) is 29.1 Å². The third-order valence-corrected chi connectivity index (χ3v) is 5.35. The molecule has 3 heterocycles. The van der Waals surface area contributed by atoms with Crippen molar-refractivity contribution in [1.82, 2.24) is 15.0 Å². The first-order valence-corrected chi connectivity index (χ1v) is 9.35. The predicted molar refractivity (Wildman–Crippen MR) is 97.2 cm³/mol. The molecular formula is C19H19N3O3S. The summed E-state index contributed by atoms with van der Waals surface area (Å²) in [7, 11) is 1.64. The molecule has 1 unspecified atom stereocenters. The van der Waals surface area contributed by atoms with Crippen LogP contribution in [-0.2, 0) is 17.8 Å². The first-order chi connectivity index (χ1) is 12.7. The number of carbonyl (C=O) groups is 1. The van der Waals surface area contributed by atoms with Gasteiger partial charge in [0.1, 0.15) is 5.75 Å². The molecule has 0 bridgehead atoms. The van der Waals surface area contributed by atoms with Crippen molar-refractivity contribution in [3.8, 4) is 5.75 Å². The number of carbonyl (C=O) groups excluding carboxylic acids is 1. The molecule has 26 heavy (non-hydrogen) atoms. The van der Waals surface area contributed by atoms with Gasteiger partial charge in [-0.15, -0.1) is 11.3 Å². The van der Waals surface area contributed by atoms with Crippen LogP contribution in [0.5, 0.6) is 5.75 Å². The van der Waals surface area contributed by atoms with Crippen LogP contribution in [0.4, 0.5) is 0 Å². The van der Waals surface area contributed by atoms with Crippen LogP contribution >= 0.6 is 11.3 Å². The maximum absolute atomic E-state index is 12.4. The number of thiophene rings is 1. The Kier molecular flexibility index (Phi) is 4.71. The van der Waals surface area contributed by atoms with E-state index in [4.69, 9.17) is 9.26 Å². The molecule has 1 aromatic carbocycles. The molecule has 0 spiro atoms. The first kappa shape index (κ1) is 16.8. The average molecular weight is 369 g/mol. The Balaban J connectivity index is 1.42. The Morgan fingerprint density at radius 3 is 3.08 bits per heavy atom. The summed E-state index contributed by atoms with van der Waals surface area (Å²) in [6, 6.07) is 11.8. The highest BCUT2D eigenvalue weighted by Crippen LogP contribution is 2.28. The standard InChI is InChI=1S/C19H19N3O3S/c1-24-15-5-2-4-13(8-15)11-22-12-14(9-18(22)23)19-20-17(25-21-19)10-16-6-3-7-26-16/h2-8,14H,9-12H2,1H3. The Morgan fingerprint density at radius 2 is 2.27 bits per heavy atom. The number of rotatable bonds is 6. The Hall–Kier alpha value is -2.67. The highest BCUT2D eigenvalue weighted by Gasteiger charge is 2.33. The summed E-state index contributed by atoms with van der Waals surface area (Å²) in [5, 5.41) is 6.13. The van der Waals surface area contributed by atoms with E-state index < -0.39 is 0 Å². The summed E-state index contributed by atoms with van der Waals surface area (Å²) in [6.45, 7) is 1.17. The van der Waals surface area contributed by atoms with Crippen molar-refractivity contribution in [2.75, 3.05) is 13.7 Å². The lowest BCUT2D eigenvalue weighted by atomic mass is 10.1. The van der Waals surface area contributed by atoms with Crippen LogP contribution in [0, 0.1) is 0 Å². The van der Waals surface area contributed by atoms with E-state index >= 15 is 0 Å². The lowest BCUT2D eigenvalue weighted by Gasteiger charge is -2.16. The largest absolute Gasteiger partial charge is 0.497 e. The quantitative estimate of drug-likeness (QED) is 0.667. The number of hydrogen-bond donors (Lipinski definition) is 0. The zero-order chi connectivity index (χ0) is 17.9. The van der Waals surface area contributed by atoms with Crippen molar-refractivity contribution in [2.24, 2.45) is 0 Å². The van der Waals surface area contributed by atoms with E-state index in [2.05, 4.69) is 10.1 Å². The number of ether oxygens (including phenoxy) is 1. The van der Waals surface area contributed by atoms with Crippen LogP contribution < -0.4 is 4.74 Å². The summed E-state index contributed by atoms with van der Waals surface area (Å²) < 4.78 is 10.6. The van der Waals surface area contributed by atoms with E-state index in [0.717, 1.165) is 11.3 Å². The molecular weight excluding hydrogens is 350 g/mol. The molecule has 0 aliphatic carbocycles. The van der Waals surface area contributed by atoms with Gasteiger partial charge in [0.25, 0.3) is 0 Å². The van der Waals surface area contributed by atoms with Crippen LogP contribution in [0.3, 0.4) is 0 Å². The molecule has 4 rings (SSSR count). The molecule has 0 saturated carbocycles. The topological polar surface area (TPSA) is 68.5 Å². The molecule has 1 aliphatic heterocycles. The summed E-state index contributed by atoms with van der Waals surface area (Å²) >= 11 is 1.66. The third kappa shape index (κ3) is 3.62. The summed E-state index contributed by atoms with van der Waals surface area (Å²) in [5.41, 5.74) is 1.05. The maximum atomic E-state index is 12.4. The minimum absolute atomic E-state index is 0.0195. The second kappa shape index (κ2) is 7.29. The van der Waals surface area contributed by atoms with Gasteiger partial charge in [0.2, 0.25) is 11.8 Å². The predicted octanol–water partition coefficient (Wildman–Crippen LogP) is 3.25. The van der Waals surface area contributed by atoms with Gasteiger partial charge in [-0.2, -0.15) is 4.98 Å². The van der Waals surface area contributed by atoms with Gasteiger partial charge in [-0.3, -0.25) is 4.79 Å². The molecule has 1 amide bonds. The van der Waals surface area contributed by atoms with E-state index in [1.165, 1.54) is 4.88 Å². The number of likely N-dealkylation sites (tertiary alicyclic amines) is 1. The summed E-state index contributed by atoms with van der Waals surface area (Å²) in [4.78, 5) is 19.9. The van der Waals surface area contributed by atoms with Crippen LogP contribution in [0.15, 0.2) is 46.3 Å². The molecule has 1 fully saturated rings. The van der Waals surface area contributed by atoms with Crippen molar-refractivity contribution in [2.45, 2.75) is 25.3 Å². The molecule has 1 saturated heterocycles. The van der Waals surface area contributed by atoms with Crippen LogP contribution in [0.2, 0.25) is 0 Å². The lowest BCUT2D eigenvalue weighted by Crippen LogP contribution is -2.24. The number of methoxy groups -OCH3 is 1. The summed E-state index contributed by atoms with van der Waals surface area (Å²) in [6.07, 6.45) is 1.06. The molecule has 0 N–H and O–H groups in total. The average Bonchev–Trinajstić information content (AvgIpc) is 3.38. The van der Waals surface area contributed by atoms with E-state index in [1.54, 1.807) is 18.4 Å². The van der Waals surface area contributed by atoms with Crippen molar-refractivity contribution in [1.29, 1.82) is 0 Å². The second-order valence-corrected chi connectivity index (χ2v) is 7.36. The summed E-state index contributed by atoms with van der Waals surface area (Å²) in [5.74, 6) is 2.11. The van der Waals surface area contributed by atoms with Crippen molar-refractivity contribution < 1.29 is 14.1 Å². The number of hydrogen-bond acceptors (Lipinski definition) is 6. The van der Waals surface area contributed by atoms with E-state index in [0.29, 0.717) is 37.6 Å². The van der Waals surface area contributed by atoms with E-state index in [1.807, 2.05) is 46.7 Å². The second-order valence-electron chi connectivity index (χ2n) is 6.33. The molecule has 1 atom stereocenters. The lowest BCUT2D eigenvalue weighted by molar-refractivity contribution is -0.128. The minimum atomic E-state index is -0.0195. The molecule has 7 heteroatoms. The van der Waals surface area contributed by atoms with E-state index in [-0.39, 0.29) is 11.8 Å². The van der Waals surface area contributed by atoms with Gasteiger partial charge in [-0.1, -0.05) is 23.4 Å². The highest BCUT2D eigenvalue weighted by atomic mass is 32.1. The molecule has 134 valence electrons. The normalized spacial score (nSPS) is 17.0. The zero-order valence-corrected chi connectivity index (χ0v) is 15.2. The number of amides is 1. The fourth-order valence-corrected chi connectivity index (χ4v) is 3.85. The molecule has 6 nitrogen and oxygen atoms in total. The van der Waals surface area contributed by atoms with Gasteiger partial charge < -0.3 is 14.2 Å². The fraction of sp³-hybridized carbons (Fsp3) is 0.316.